The first-order chi connectivity index (χ1) is 7.99. The van der Waals surface area contributed by atoms with E-state index in [1.165, 1.54) is 24.8 Å². The highest BCUT2D eigenvalue weighted by molar-refractivity contribution is 5.79. The van der Waals surface area contributed by atoms with E-state index in [1.807, 2.05) is 0 Å². The van der Waals surface area contributed by atoms with E-state index in [4.69, 9.17) is 5.11 Å². The Kier molecular flexibility index (Phi) is 5.25. The number of nitrogens with zero attached hydrogens (tertiary/aromatic N) is 1. The second kappa shape index (κ2) is 6.47. The lowest BCUT2D eigenvalue weighted by Gasteiger charge is -2.27. The van der Waals surface area contributed by atoms with Crippen LogP contribution in [-0.2, 0) is 4.79 Å². The number of likely N-dealkylation sites (N-methyl/N-ethyl adjacent to an activating group) is 1. The normalized spacial score (nSPS) is 24.1. The molecule has 0 aliphatic heterocycles. The maximum absolute atomic E-state index is 11.6. The van der Waals surface area contributed by atoms with E-state index in [1.54, 1.807) is 0 Å². The quantitative estimate of drug-likeness (QED) is 0.785. The predicted molar refractivity (Wildman–Crippen MR) is 64.8 cm³/mol. The molecule has 1 fully saturated rings. The van der Waals surface area contributed by atoms with Gasteiger partial charge in [0.25, 0.3) is 0 Å². The lowest BCUT2D eigenvalue weighted by molar-refractivity contribution is -0.137. The van der Waals surface area contributed by atoms with Crippen LogP contribution in [0.4, 0.5) is 4.79 Å². The molecule has 0 spiro atoms. The Hall–Kier alpha value is -1.26. The third-order valence-electron chi connectivity index (χ3n) is 3.31. The first-order valence-electron chi connectivity index (χ1n) is 6.19. The fourth-order valence-corrected chi connectivity index (χ4v) is 2.39. The molecular weight excluding hydrogens is 220 g/mol. The van der Waals surface area contributed by atoms with Crippen molar-refractivity contribution in [3.05, 3.63) is 0 Å². The van der Waals surface area contributed by atoms with Crippen molar-refractivity contribution in [2.45, 2.75) is 32.6 Å². The monoisotopic (exact) mass is 242 g/mol. The summed E-state index contributed by atoms with van der Waals surface area (Å²) in [4.78, 5) is 23.2. The number of urea groups is 1. The van der Waals surface area contributed by atoms with E-state index in [0.717, 1.165) is 18.8 Å². The van der Waals surface area contributed by atoms with Crippen LogP contribution in [0.25, 0.3) is 0 Å². The summed E-state index contributed by atoms with van der Waals surface area (Å²) in [5.74, 6) is 0.289. The molecule has 1 aliphatic rings. The molecule has 1 aliphatic carbocycles. The van der Waals surface area contributed by atoms with E-state index in [0.29, 0.717) is 12.5 Å². The van der Waals surface area contributed by atoms with Crippen molar-refractivity contribution in [1.82, 2.24) is 10.2 Å². The zero-order valence-electron chi connectivity index (χ0n) is 10.6. The Morgan fingerprint density at radius 1 is 1.41 bits per heavy atom. The summed E-state index contributed by atoms with van der Waals surface area (Å²) in [5.41, 5.74) is 0. The van der Waals surface area contributed by atoms with Crippen molar-refractivity contribution in [2.24, 2.45) is 11.8 Å². The second-order valence-electron chi connectivity index (χ2n) is 5.07. The van der Waals surface area contributed by atoms with E-state index in [-0.39, 0.29) is 12.6 Å². The van der Waals surface area contributed by atoms with Crippen LogP contribution in [0.5, 0.6) is 0 Å². The molecule has 5 heteroatoms. The van der Waals surface area contributed by atoms with Crippen molar-refractivity contribution in [2.75, 3.05) is 20.1 Å². The minimum Gasteiger partial charge on any atom is -0.480 e. The first-order valence-corrected chi connectivity index (χ1v) is 6.19. The number of carbonyl (C=O) groups excluding carboxylic acids is 1. The molecule has 98 valence electrons. The summed E-state index contributed by atoms with van der Waals surface area (Å²) in [6.45, 7) is 2.64. The summed E-state index contributed by atoms with van der Waals surface area (Å²) in [6.07, 6.45) is 4.83. The molecule has 2 amide bonds. The number of carbonyl (C=O) groups is 2. The van der Waals surface area contributed by atoms with Crippen molar-refractivity contribution >= 4 is 12.0 Å². The van der Waals surface area contributed by atoms with Crippen LogP contribution in [0.3, 0.4) is 0 Å². The van der Waals surface area contributed by atoms with Crippen molar-refractivity contribution < 1.29 is 14.7 Å². The van der Waals surface area contributed by atoms with Crippen molar-refractivity contribution in [3.63, 3.8) is 0 Å². The van der Waals surface area contributed by atoms with Gasteiger partial charge in [-0.15, -0.1) is 0 Å². The van der Waals surface area contributed by atoms with Crippen LogP contribution in [0, 0.1) is 11.8 Å². The van der Waals surface area contributed by atoms with Crippen molar-refractivity contribution in [1.29, 1.82) is 0 Å². The largest absolute Gasteiger partial charge is 0.480 e. The van der Waals surface area contributed by atoms with E-state index < -0.39 is 5.97 Å². The van der Waals surface area contributed by atoms with Gasteiger partial charge in [-0.3, -0.25) is 4.79 Å². The number of hydrogen-bond acceptors (Lipinski definition) is 2. The molecule has 2 N–H and O–H groups in total. The molecule has 2 atom stereocenters. The molecule has 0 aromatic carbocycles. The molecule has 0 saturated heterocycles. The summed E-state index contributed by atoms with van der Waals surface area (Å²) in [7, 11) is 1.49. The van der Waals surface area contributed by atoms with Crippen LogP contribution in [0.2, 0.25) is 0 Å². The van der Waals surface area contributed by atoms with Gasteiger partial charge in [0.05, 0.1) is 0 Å². The van der Waals surface area contributed by atoms with Gasteiger partial charge in [-0.1, -0.05) is 19.8 Å². The first kappa shape index (κ1) is 13.8. The minimum atomic E-state index is -0.992. The molecule has 1 saturated carbocycles. The highest BCUT2D eigenvalue weighted by Crippen LogP contribution is 2.27. The maximum atomic E-state index is 11.6. The Bertz CT molecular complexity index is 281. The van der Waals surface area contributed by atoms with Crippen LogP contribution in [0.15, 0.2) is 0 Å². The van der Waals surface area contributed by atoms with E-state index in [2.05, 4.69) is 12.2 Å². The average molecular weight is 242 g/mol. The van der Waals surface area contributed by atoms with Gasteiger partial charge in [0.15, 0.2) is 0 Å². The molecule has 0 aromatic rings. The van der Waals surface area contributed by atoms with Crippen LogP contribution in [-0.4, -0.2) is 42.1 Å². The summed E-state index contributed by atoms with van der Waals surface area (Å²) < 4.78 is 0. The Morgan fingerprint density at radius 3 is 2.71 bits per heavy atom. The summed E-state index contributed by atoms with van der Waals surface area (Å²) in [6, 6.07) is -0.300. The van der Waals surface area contributed by atoms with Crippen LogP contribution < -0.4 is 5.32 Å². The maximum Gasteiger partial charge on any atom is 0.323 e. The predicted octanol–water partition coefficient (Wildman–Crippen LogP) is 1.54. The number of hydrogen-bond donors (Lipinski definition) is 2. The number of amides is 2. The van der Waals surface area contributed by atoms with Gasteiger partial charge in [0.1, 0.15) is 6.54 Å². The lowest BCUT2D eigenvalue weighted by atomic mass is 9.82. The smallest absolute Gasteiger partial charge is 0.323 e. The third-order valence-corrected chi connectivity index (χ3v) is 3.31. The fraction of sp³-hybridized carbons (Fsp3) is 0.833. The SMILES string of the molecule is CC1CCCC(CNC(=O)N(C)CC(=O)O)C1. The van der Waals surface area contributed by atoms with Gasteiger partial charge >= 0.3 is 12.0 Å². The summed E-state index contributed by atoms with van der Waals surface area (Å²) in [5, 5.41) is 11.4. The molecule has 0 bridgehead atoms. The van der Waals surface area contributed by atoms with Gasteiger partial charge in [0, 0.05) is 13.6 Å². The minimum absolute atomic E-state index is 0.257. The Labute approximate surface area is 102 Å². The van der Waals surface area contributed by atoms with Gasteiger partial charge in [-0.05, 0) is 24.7 Å². The molecule has 0 aromatic heterocycles. The number of nitrogens with one attached hydrogen (secondary N) is 1. The number of aliphatic carboxylic acids is 1. The van der Waals surface area contributed by atoms with Gasteiger partial charge in [-0.2, -0.15) is 0 Å². The highest BCUT2D eigenvalue weighted by atomic mass is 16.4. The van der Waals surface area contributed by atoms with Gasteiger partial charge in [0.2, 0.25) is 0 Å². The Balaban J connectivity index is 2.25. The molecule has 0 heterocycles. The zero-order valence-corrected chi connectivity index (χ0v) is 10.6. The molecule has 17 heavy (non-hydrogen) atoms. The van der Waals surface area contributed by atoms with Crippen molar-refractivity contribution in [3.8, 4) is 0 Å². The van der Waals surface area contributed by atoms with Gasteiger partial charge in [-0.25, -0.2) is 4.79 Å². The van der Waals surface area contributed by atoms with E-state index >= 15 is 0 Å². The van der Waals surface area contributed by atoms with Crippen LogP contribution >= 0.6 is 0 Å². The third kappa shape index (κ3) is 5.06. The molecule has 2 unspecified atom stereocenters. The number of carboxylic acid groups (broad SMARTS) is 1. The zero-order chi connectivity index (χ0) is 12.8. The highest BCUT2D eigenvalue weighted by Gasteiger charge is 2.20. The van der Waals surface area contributed by atoms with Crippen LogP contribution in [0.1, 0.15) is 32.6 Å². The standard InChI is InChI=1S/C12H22N2O3/c1-9-4-3-5-10(6-9)7-13-12(17)14(2)8-11(15)16/h9-10H,3-8H2,1-2H3,(H,13,17)(H,15,16). The number of carboxylic acids is 1. The molecule has 5 nitrogen and oxygen atoms in total. The topological polar surface area (TPSA) is 69.6 Å². The lowest BCUT2D eigenvalue weighted by Crippen LogP contribution is -2.42. The molecule has 0 radical (unpaired) electrons. The molecular formula is C12H22N2O3. The summed E-state index contributed by atoms with van der Waals surface area (Å²) >= 11 is 0. The molecule has 1 rings (SSSR count). The fourth-order valence-electron chi connectivity index (χ4n) is 2.39. The Morgan fingerprint density at radius 2 is 2.12 bits per heavy atom. The average Bonchev–Trinajstić information content (AvgIpc) is 2.25. The number of rotatable bonds is 4. The second-order valence-corrected chi connectivity index (χ2v) is 5.07. The van der Waals surface area contributed by atoms with E-state index in [9.17, 15) is 9.59 Å². The van der Waals surface area contributed by atoms with Gasteiger partial charge < -0.3 is 15.3 Å².